The number of nitrogens with one attached hydrogen (secondary N) is 3. The Labute approximate surface area is 210 Å². The van der Waals surface area contributed by atoms with E-state index in [-0.39, 0.29) is 23.5 Å². The lowest BCUT2D eigenvalue weighted by atomic mass is 9.83. The zero-order chi connectivity index (χ0) is 25.5. The molecule has 3 N–H and O–H groups in total. The van der Waals surface area contributed by atoms with Crippen LogP contribution in [-0.4, -0.2) is 35.8 Å². The fourth-order valence-electron chi connectivity index (χ4n) is 4.62. The molecular formula is C28H32N4O4. The molecule has 0 spiro atoms. The fourth-order valence-corrected chi connectivity index (χ4v) is 4.62. The summed E-state index contributed by atoms with van der Waals surface area (Å²) in [5.74, 6) is -0.0300. The first kappa shape index (κ1) is 25.2. The molecule has 36 heavy (non-hydrogen) atoms. The number of carbonyl (C=O) groups excluding carboxylic acids is 3. The second kappa shape index (κ2) is 11.7. The molecule has 1 atom stereocenters. The van der Waals surface area contributed by atoms with E-state index in [2.05, 4.69) is 20.9 Å². The summed E-state index contributed by atoms with van der Waals surface area (Å²) in [7, 11) is 1.59. The normalized spacial score (nSPS) is 14.6. The Morgan fingerprint density at radius 2 is 1.78 bits per heavy atom. The maximum absolute atomic E-state index is 12.9. The molecule has 0 radical (unpaired) electrons. The summed E-state index contributed by atoms with van der Waals surface area (Å²) in [6.45, 7) is 2.17. The average molecular weight is 489 g/mol. The number of hydrogen-bond acceptors (Lipinski definition) is 5. The quantitative estimate of drug-likeness (QED) is 0.444. The number of amides is 3. The average Bonchev–Trinajstić information content (AvgIpc) is 3.41. The number of benzene rings is 1. The van der Waals surface area contributed by atoms with E-state index in [0.717, 1.165) is 48.9 Å². The first-order chi connectivity index (χ1) is 17.4. The van der Waals surface area contributed by atoms with Gasteiger partial charge in [-0.15, -0.1) is 0 Å². The highest BCUT2D eigenvalue weighted by molar-refractivity contribution is 5.96. The molecule has 188 valence electrons. The summed E-state index contributed by atoms with van der Waals surface area (Å²) in [5.41, 5.74) is 2.82. The van der Waals surface area contributed by atoms with Crippen LogP contribution in [0.1, 0.15) is 64.4 Å². The van der Waals surface area contributed by atoms with E-state index in [4.69, 9.17) is 4.42 Å². The number of aromatic nitrogens is 1. The second-order valence-electron chi connectivity index (χ2n) is 9.17. The molecule has 0 bridgehead atoms. The second-order valence-corrected chi connectivity index (χ2v) is 9.17. The molecule has 3 aromatic rings. The zero-order valence-corrected chi connectivity index (χ0v) is 20.7. The van der Waals surface area contributed by atoms with Gasteiger partial charge in [-0.25, -0.2) is 4.98 Å². The van der Waals surface area contributed by atoms with Crippen LogP contribution in [0.5, 0.6) is 0 Å². The molecule has 8 nitrogen and oxygen atoms in total. The van der Waals surface area contributed by atoms with Crippen LogP contribution < -0.4 is 16.0 Å². The van der Waals surface area contributed by atoms with Crippen molar-refractivity contribution in [3.05, 3.63) is 77.3 Å². The van der Waals surface area contributed by atoms with E-state index >= 15 is 0 Å². The molecule has 8 heteroatoms. The first-order valence-electron chi connectivity index (χ1n) is 12.4. The van der Waals surface area contributed by atoms with Crippen LogP contribution in [0.15, 0.2) is 59.0 Å². The Morgan fingerprint density at radius 3 is 2.53 bits per heavy atom. The number of pyridine rings is 1. The van der Waals surface area contributed by atoms with Crippen LogP contribution in [0.25, 0.3) is 11.3 Å². The number of hydrogen-bond donors (Lipinski definition) is 3. The Bertz CT molecular complexity index is 1230. The number of likely N-dealkylation sites (N-methyl/N-ethyl adjacent to an activating group) is 1. The fraction of sp³-hybridized carbons (Fsp3) is 0.357. The third kappa shape index (κ3) is 6.19. The van der Waals surface area contributed by atoms with Gasteiger partial charge in [0.1, 0.15) is 17.5 Å². The van der Waals surface area contributed by atoms with Crippen LogP contribution in [0.2, 0.25) is 0 Å². The third-order valence-corrected chi connectivity index (χ3v) is 6.55. The first-order valence-corrected chi connectivity index (χ1v) is 12.4. The summed E-state index contributed by atoms with van der Waals surface area (Å²) in [6.07, 6.45) is 5.14. The van der Waals surface area contributed by atoms with Crippen molar-refractivity contribution in [3.63, 3.8) is 0 Å². The number of furan rings is 1. The molecule has 1 aromatic carbocycles. The summed E-state index contributed by atoms with van der Waals surface area (Å²) in [6, 6.07) is 15.6. The van der Waals surface area contributed by atoms with Gasteiger partial charge in [0.05, 0.1) is 0 Å². The number of nitrogens with zero attached hydrogens (tertiary/aromatic N) is 1. The van der Waals surface area contributed by atoms with E-state index in [0.29, 0.717) is 18.0 Å². The Morgan fingerprint density at radius 1 is 1.00 bits per heavy atom. The Hall–Kier alpha value is -3.94. The lowest BCUT2D eigenvalue weighted by Gasteiger charge is -2.29. The predicted octanol–water partition coefficient (Wildman–Crippen LogP) is 4.00. The van der Waals surface area contributed by atoms with E-state index in [1.54, 1.807) is 31.3 Å². The maximum Gasteiger partial charge on any atom is 0.287 e. The van der Waals surface area contributed by atoms with Gasteiger partial charge in [-0.3, -0.25) is 14.4 Å². The summed E-state index contributed by atoms with van der Waals surface area (Å²) >= 11 is 0. The molecule has 1 aliphatic carbocycles. The van der Waals surface area contributed by atoms with Crippen molar-refractivity contribution in [3.8, 4) is 11.3 Å². The van der Waals surface area contributed by atoms with Crippen molar-refractivity contribution in [2.24, 2.45) is 5.92 Å². The third-order valence-electron chi connectivity index (χ3n) is 6.55. The van der Waals surface area contributed by atoms with Crippen LogP contribution in [0.4, 0.5) is 0 Å². The van der Waals surface area contributed by atoms with Crippen LogP contribution >= 0.6 is 0 Å². The Balaban J connectivity index is 1.41. The molecular weight excluding hydrogens is 456 g/mol. The molecule has 2 aromatic heterocycles. The van der Waals surface area contributed by atoms with Gasteiger partial charge in [-0.2, -0.15) is 0 Å². The van der Waals surface area contributed by atoms with Crippen molar-refractivity contribution < 1.29 is 18.8 Å². The van der Waals surface area contributed by atoms with Gasteiger partial charge in [0.15, 0.2) is 5.76 Å². The number of carbonyl (C=O) groups is 3. The molecule has 4 rings (SSSR count). The van der Waals surface area contributed by atoms with Crippen molar-refractivity contribution >= 4 is 17.7 Å². The van der Waals surface area contributed by atoms with Gasteiger partial charge in [0.2, 0.25) is 5.91 Å². The minimum absolute atomic E-state index is 0.124. The lowest BCUT2D eigenvalue weighted by Crippen LogP contribution is -2.50. The predicted molar refractivity (Wildman–Crippen MR) is 136 cm³/mol. The topological polar surface area (TPSA) is 113 Å². The maximum atomic E-state index is 12.9. The summed E-state index contributed by atoms with van der Waals surface area (Å²) in [4.78, 5) is 42.1. The molecule has 1 fully saturated rings. The zero-order valence-electron chi connectivity index (χ0n) is 20.7. The van der Waals surface area contributed by atoms with E-state index in [9.17, 15) is 14.4 Å². The van der Waals surface area contributed by atoms with Gasteiger partial charge < -0.3 is 20.4 Å². The summed E-state index contributed by atoms with van der Waals surface area (Å²) < 4.78 is 5.86. The Kier molecular flexibility index (Phi) is 8.15. The minimum atomic E-state index is -0.578. The molecule has 0 saturated heterocycles. The lowest BCUT2D eigenvalue weighted by molar-refractivity contribution is -0.124. The van der Waals surface area contributed by atoms with Crippen LogP contribution in [-0.2, 0) is 11.3 Å². The summed E-state index contributed by atoms with van der Waals surface area (Å²) in [5, 5.41) is 8.43. The largest absolute Gasteiger partial charge is 0.451 e. The molecule has 1 aliphatic rings. The standard InChI is InChI=1S/C28H32N4O4/c1-18-8-6-13-22(31-18)26(33)30-17-19-9-7-12-21(16-19)23-14-15-24(36-23)27(34)32-25(28(35)29-2)20-10-4-3-5-11-20/h6-9,12-16,20,25H,3-5,10-11,17H2,1-2H3,(H,29,35)(H,30,33)(H,32,34)/t25-/m0/s1. The van der Waals surface area contributed by atoms with Crippen molar-refractivity contribution in [1.29, 1.82) is 0 Å². The van der Waals surface area contributed by atoms with E-state index < -0.39 is 11.9 Å². The highest BCUT2D eigenvalue weighted by atomic mass is 16.4. The van der Waals surface area contributed by atoms with Gasteiger partial charge in [0, 0.05) is 24.8 Å². The SMILES string of the molecule is CNC(=O)[C@@H](NC(=O)c1ccc(-c2cccc(CNC(=O)c3cccc(C)n3)c2)o1)C1CCCCC1. The molecule has 3 amide bonds. The van der Waals surface area contributed by atoms with Crippen molar-refractivity contribution in [2.45, 2.75) is 51.6 Å². The molecule has 2 heterocycles. The highest BCUT2D eigenvalue weighted by Gasteiger charge is 2.31. The molecule has 0 aliphatic heterocycles. The van der Waals surface area contributed by atoms with Crippen molar-refractivity contribution in [2.75, 3.05) is 7.05 Å². The highest BCUT2D eigenvalue weighted by Crippen LogP contribution is 2.28. The number of rotatable bonds is 8. The van der Waals surface area contributed by atoms with Gasteiger partial charge >= 0.3 is 0 Å². The van der Waals surface area contributed by atoms with Gasteiger partial charge in [-0.1, -0.05) is 43.5 Å². The molecule has 0 unspecified atom stereocenters. The number of aryl methyl sites for hydroxylation is 1. The van der Waals surface area contributed by atoms with Crippen LogP contribution in [0.3, 0.4) is 0 Å². The van der Waals surface area contributed by atoms with Gasteiger partial charge in [0.25, 0.3) is 11.8 Å². The molecule has 1 saturated carbocycles. The van der Waals surface area contributed by atoms with E-state index in [1.165, 1.54) is 0 Å². The smallest absolute Gasteiger partial charge is 0.287 e. The van der Waals surface area contributed by atoms with Gasteiger partial charge in [-0.05, 0) is 61.6 Å². The van der Waals surface area contributed by atoms with Crippen molar-refractivity contribution in [1.82, 2.24) is 20.9 Å². The van der Waals surface area contributed by atoms with E-state index in [1.807, 2.05) is 37.3 Å². The van der Waals surface area contributed by atoms with Crippen LogP contribution in [0, 0.1) is 12.8 Å². The monoisotopic (exact) mass is 488 g/mol. The minimum Gasteiger partial charge on any atom is -0.451 e.